The molecule has 2 N–H and O–H groups in total. The highest BCUT2D eigenvalue weighted by Gasteiger charge is 2.40. The Hall–Kier alpha value is -2.03. The first-order valence-corrected chi connectivity index (χ1v) is 9.54. The summed E-state index contributed by atoms with van der Waals surface area (Å²) in [4.78, 5) is 37.4. The summed E-state index contributed by atoms with van der Waals surface area (Å²) in [5.41, 5.74) is 0. The number of aromatic nitrogens is 2. The van der Waals surface area contributed by atoms with Gasteiger partial charge in [0.2, 0.25) is 11.0 Å². The highest BCUT2D eigenvalue weighted by atomic mass is 32.1. The van der Waals surface area contributed by atoms with Gasteiger partial charge in [-0.05, 0) is 26.7 Å². The number of nitrogens with zero attached hydrogens (tertiary/aromatic N) is 3. The second kappa shape index (κ2) is 7.47. The molecule has 1 aromatic rings. The topological polar surface area (TPSA) is 104 Å². The molecule has 0 spiro atoms. The molecule has 8 nitrogen and oxygen atoms in total. The second-order valence-corrected chi connectivity index (χ2v) is 7.84. The van der Waals surface area contributed by atoms with E-state index < -0.39 is 12.1 Å². The van der Waals surface area contributed by atoms with Gasteiger partial charge in [0, 0.05) is 12.0 Å². The van der Waals surface area contributed by atoms with E-state index in [-0.39, 0.29) is 24.3 Å². The Morgan fingerprint density at radius 1 is 1.20 bits per heavy atom. The van der Waals surface area contributed by atoms with Crippen LogP contribution in [0.15, 0.2) is 0 Å². The van der Waals surface area contributed by atoms with Gasteiger partial charge in [-0.3, -0.25) is 19.8 Å². The van der Waals surface area contributed by atoms with Crippen LogP contribution in [0.3, 0.4) is 0 Å². The van der Waals surface area contributed by atoms with E-state index in [1.807, 2.05) is 0 Å². The minimum absolute atomic E-state index is 0.00607. The average molecular weight is 365 g/mol. The fraction of sp³-hybridized carbons (Fsp3) is 0.688. The lowest BCUT2D eigenvalue weighted by Crippen LogP contribution is -2.45. The number of urea groups is 1. The van der Waals surface area contributed by atoms with Gasteiger partial charge in [-0.15, -0.1) is 10.2 Å². The number of carbonyl (C=O) groups is 3. The summed E-state index contributed by atoms with van der Waals surface area (Å²) >= 11 is 1.38. The maximum atomic E-state index is 12.2. The van der Waals surface area contributed by atoms with Crippen LogP contribution in [-0.2, 0) is 9.59 Å². The van der Waals surface area contributed by atoms with Crippen molar-refractivity contribution in [3.8, 4) is 0 Å². The van der Waals surface area contributed by atoms with Crippen molar-refractivity contribution in [3.63, 3.8) is 0 Å². The summed E-state index contributed by atoms with van der Waals surface area (Å²) in [7, 11) is 0. The molecule has 2 aliphatic rings. The molecule has 1 saturated heterocycles. The third-order valence-corrected chi connectivity index (χ3v) is 5.62. The predicted molar refractivity (Wildman–Crippen MR) is 93.3 cm³/mol. The van der Waals surface area contributed by atoms with E-state index in [2.05, 4.69) is 20.8 Å². The van der Waals surface area contributed by atoms with E-state index in [0.717, 1.165) is 17.8 Å². The van der Waals surface area contributed by atoms with Gasteiger partial charge in [0.25, 0.3) is 5.91 Å². The summed E-state index contributed by atoms with van der Waals surface area (Å²) < 4.78 is 0. The number of imide groups is 1. The molecule has 4 amide bonds. The maximum Gasteiger partial charge on any atom is 0.321 e. The third-order valence-electron chi connectivity index (χ3n) is 4.62. The SMILES string of the molecule is CC(C)N1C(=O)CC(NC(=O)Nc2nnc(C3CCCCC3)s2)C1=O. The molecule has 2 fully saturated rings. The molecule has 0 bridgehead atoms. The lowest BCUT2D eigenvalue weighted by Gasteiger charge is -2.19. The van der Waals surface area contributed by atoms with Crippen LogP contribution in [-0.4, -0.2) is 45.0 Å². The first-order valence-electron chi connectivity index (χ1n) is 8.72. The Kier molecular flexibility index (Phi) is 5.31. The lowest BCUT2D eigenvalue weighted by molar-refractivity contribution is -0.140. The first kappa shape index (κ1) is 17.8. The van der Waals surface area contributed by atoms with Crippen LogP contribution >= 0.6 is 11.3 Å². The number of likely N-dealkylation sites (tertiary alicyclic amines) is 1. The van der Waals surface area contributed by atoms with Crippen molar-refractivity contribution < 1.29 is 14.4 Å². The summed E-state index contributed by atoms with van der Waals surface area (Å²) in [5.74, 6) is -0.199. The fourth-order valence-electron chi connectivity index (χ4n) is 3.40. The quantitative estimate of drug-likeness (QED) is 0.796. The Morgan fingerprint density at radius 3 is 2.56 bits per heavy atom. The van der Waals surface area contributed by atoms with Crippen molar-refractivity contribution in [2.24, 2.45) is 0 Å². The van der Waals surface area contributed by atoms with Gasteiger partial charge in [0.05, 0.1) is 6.42 Å². The molecule has 1 atom stereocenters. The first-order chi connectivity index (χ1) is 12.0. The van der Waals surface area contributed by atoms with Crippen LogP contribution in [0.2, 0.25) is 0 Å². The molecule has 0 aromatic carbocycles. The van der Waals surface area contributed by atoms with Crippen LogP contribution in [0, 0.1) is 0 Å². The molecule has 1 aliphatic carbocycles. The summed E-state index contributed by atoms with van der Waals surface area (Å²) in [5, 5.41) is 14.7. The lowest BCUT2D eigenvalue weighted by atomic mass is 9.90. The smallest absolute Gasteiger partial charge is 0.321 e. The van der Waals surface area contributed by atoms with Crippen molar-refractivity contribution >= 4 is 34.3 Å². The summed E-state index contributed by atoms with van der Waals surface area (Å²) in [6, 6.07) is -1.57. The molecule has 1 saturated carbocycles. The monoisotopic (exact) mass is 365 g/mol. The molecule has 1 unspecified atom stereocenters. The van der Waals surface area contributed by atoms with Gasteiger partial charge in [-0.25, -0.2) is 4.79 Å². The van der Waals surface area contributed by atoms with Crippen molar-refractivity contribution in [3.05, 3.63) is 5.01 Å². The molecule has 136 valence electrons. The van der Waals surface area contributed by atoms with Crippen molar-refractivity contribution in [1.82, 2.24) is 20.4 Å². The van der Waals surface area contributed by atoms with E-state index in [0.29, 0.717) is 11.0 Å². The van der Waals surface area contributed by atoms with Gasteiger partial charge in [-0.1, -0.05) is 30.6 Å². The summed E-state index contributed by atoms with van der Waals surface area (Å²) in [6.07, 6.45) is 5.91. The minimum Gasteiger partial charge on any atom is -0.325 e. The number of amides is 4. The molecule has 3 rings (SSSR count). The highest BCUT2D eigenvalue weighted by Crippen LogP contribution is 2.35. The van der Waals surface area contributed by atoms with Crippen molar-refractivity contribution in [1.29, 1.82) is 0 Å². The van der Waals surface area contributed by atoms with Gasteiger partial charge in [0.15, 0.2) is 0 Å². The number of rotatable bonds is 4. The van der Waals surface area contributed by atoms with E-state index in [4.69, 9.17) is 0 Å². The highest BCUT2D eigenvalue weighted by molar-refractivity contribution is 7.15. The fourth-order valence-corrected chi connectivity index (χ4v) is 4.30. The number of anilines is 1. The maximum absolute atomic E-state index is 12.2. The number of hydrogen-bond donors (Lipinski definition) is 2. The third kappa shape index (κ3) is 3.97. The van der Waals surface area contributed by atoms with E-state index in [1.165, 1.54) is 35.5 Å². The molecule has 2 heterocycles. The zero-order chi connectivity index (χ0) is 18.0. The molecule has 1 aliphatic heterocycles. The molecule has 0 radical (unpaired) electrons. The minimum atomic E-state index is -0.819. The van der Waals surface area contributed by atoms with Gasteiger partial charge in [-0.2, -0.15) is 0 Å². The van der Waals surface area contributed by atoms with Gasteiger partial charge in [0.1, 0.15) is 11.0 Å². The van der Waals surface area contributed by atoms with Crippen LogP contribution < -0.4 is 10.6 Å². The van der Waals surface area contributed by atoms with Crippen LogP contribution in [0.5, 0.6) is 0 Å². The van der Waals surface area contributed by atoms with E-state index in [9.17, 15) is 14.4 Å². The predicted octanol–water partition coefficient (Wildman–Crippen LogP) is 2.24. The van der Waals surface area contributed by atoms with Crippen LogP contribution in [0.25, 0.3) is 0 Å². The normalized spacial score (nSPS) is 21.9. The standard InChI is InChI=1S/C16H23N5O3S/c1-9(2)21-12(22)8-11(14(21)23)17-15(24)18-16-20-19-13(25-16)10-6-4-3-5-7-10/h9-11H,3-8H2,1-2H3,(H2,17,18,20,24). The van der Waals surface area contributed by atoms with E-state index >= 15 is 0 Å². The Balaban J connectivity index is 1.55. The number of carbonyl (C=O) groups excluding carboxylic acids is 3. The zero-order valence-electron chi connectivity index (χ0n) is 14.4. The summed E-state index contributed by atoms with van der Waals surface area (Å²) in [6.45, 7) is 3.54. The molecule has 25 heavy (non-hydrogen) atoms. The molecular formula is C16H23N5O3S. The van der Waals surface area contributed by atoms with Crippen molar-refractivity contribution in [2.45, 2.75) is 70.4 Å². The van der Waals surface area contributed by atoms with Crippen LogP contribution in [0.4, 0.5) is 9.93 Å². The Bertz CT molecular complexity index is 668. The second-order valence-electron chi connectivity index (χ2n) is 6.83. The van der Waals surface area contributed by atoms with Crippen molar-refractivity contribution in [2.75, 3.05) is 5.32 Å². The number of hydrogen-bond acceptors (Lipinski definition) is 6. The van der Waals surface area contributed by atoms with E-state index in [1.54, 1.807) is 13.8 Å². The van der Waals surface area contributed by atoms with Crippen LogP contribution in [0.1, 0.15) is 63.3 Å². The largest absolute Gasteiger partial charge is 0.325 e. The number of nitrogens with one attached hydrogen (secondary N) is 2. The zero-order valence-corrected chi connectivity index (χ0v) is 15.3. The Labute approximate surface area is 150 Å². The average Bonchev–Trinajstić information content (AvgIpc) is 3.13. The van der Waals surface area contributed by atoms with Gasteiger partial charge >= 0.3 is 6.03 Å². The van der Waals surface area contributed by atoms with Gasteiger partial charge < -0.3 is 5.32 Å². The molecule has 1 aromatic heterocycles. The Morgan fingerprint density at radius 2 is 1.92 bits per heavy atom. The molecule has 9 heteroatoms. The molecular weight excluding hydrogens is 342 g/mol.